The van der Waals surface area contributed by atoms with Gasteiger partial charge < -0.3 is 15.2 Å². The number of hydrogen-bond acceptors (Lipinski definition) is 3. The second kappa shape index (κ2) is 4.89. The van der Waals surface area contributed by atoms with Crippen LogP contribution in [0.3, 0.4) is 0 Å². The molecule has 0 aromatic heterocycles. The van der Waals surface area contributed by atoms with Crippen LogP contribution < -0.4 is 15.2 Å². The number of para-hydroxylation sites is 2. The van der Waals surface area contributed by atoms with Gasteiger partial charge in [-0.3, -0.25) is 5.41 Å². The lowest BCUT2D eigenvalue weighted by Gasteiger charge is -2.25. The van der Waals surface area contributed by atoms with E-state index in [9.17, 15) is 0 Å². The number of hydrogen-bond donors (Lipinski definition) is 2. The minimum Gasteiger partial charge on any atom is -0.486 e. The van der Waals surface area contributed by atoms with Crippen LogP contribution in [0.5, 0.6) is 11.5 Å². The molecule has 0 amide bonds. The maximum absolute atomic E-state index is 7.16. The first-order chi connectivity index (χ1) is 6.75. The van der Waals surface area contributed by atoms with Crippen LogP contribution in [0.25, 0.3) is 0 Å². The summed E-state index contributed by atoms with van der Waals surface area (Å²) in [6, 6.07) is 7.49. The molecule has 0 fully saturated rings. The maximum atomic E-state index is 7.16. The third kappa shape index (κ3) is 2.76. The van der Waals surface area contributed by atoms with Gasteiger partial charge >= 0.3 is 0 Å². The van der Waals surface area contributed by atoms with Gasteiger partial charge in [-0.25, -0.2) is 0 Å². The molecule has 3 N–H and O–H groups in total. The third-order valence-corrected chi connectivity index (χ3v) is 2.02. The molecule has 0 aliphatic carbocycles. The molecule has 0 saturated carbocycles. The summed E-state index contributed by atoms with van der Waals surface area (Å²) >= 11 is 0. The van der Waals surface area contributed by atoms with Gasteiger partial charge in [0.1, 0.15) is 12.7 Å². The number of amidine groups is 1. The van der Waals surface area contributed by atoms with Crippen LogP contribution in [0.1, 0.15) is 6.42 Å². The topological polar surface area (TPSA) is 68.3 Å². The Kier molecular flexibility index (Phi) is 3.80. The lowest BCUT2D eigenvalue weighted by Crippen LogP contribution is -2.33. The molecule has 15 heavy (non-hydrogen) atoms. The van der Waals surface area contributed by atoms with Crippen molar-refractivity contribution in [1.29, 1.82) is 5.41 Å². The number of nitrogens with one attached hydrogen (secondary N) is 1. The van der Waals surface area contributed by atoms with E-state index >= 15 is 0 Å². The Morgan fingerprint density at radius 1 is 1.40 bits per heavy atom. The number of fused-ring (bicyclic) bond motifs is 1. The van der Waals surface area contributed by atoms with Gasteiger partial charge in [0.05, 0.1) is 5.84 Å². The minimum atomic E-state index is -0.137. The van der Waals surface area contributed by atoms with Crippen molar-refractivity contribution in [3.63, 3.8) is 0 Å². The highest BCUT2D eigenvalue weighted by atomic mass is 35.5. The first-order valence-corrected chi connectivity index (χ1v) is 4.47. The third-order valence-electron chi connectivity index (χ3n) is 2.02. The van der Waals surface area contributed by atoms with E-state index in [0.717, 1.165) is 11.5 Å². The molecule has 0 radical (unpaired) electrons. The van der Waals surface area contributed by atoms with Gasteiger partial charge in [0.25, 0.3) is 0 Å². The Labute approximate surface area is 94.3 Å². The average Bonchev–Trinajstić information content (AvgIpc) is 2.17. The van der Waals surface area contributed by atoms with Crippen LogP contribution in [0.2, 0.25) is 0 Å². The molecule has 4 nitrogen and oxygen atoms in total. The van der Waals surface area contributed by atoms with Crippen molar-refractivity contribution in [2.24, 2.45) is 5.73 Å². The summed E-state index contributed by atoms with van der Waals surface area (Å²) in [6.07, 6.45) is 0.274. The first kappa shape index (κ1) is 11.7. The van der Waals surface area contributed by atoms with Gasteiger partial charge in [-0.15, -0.1) is 12.4 Å². The Balaban J connectivity index is 0.00000112. The molecule has 1 aliphatic rings. The van der Waals surface area contributed by atoms with Crippen molar-refractivity contribution < 1.29 is 9.47 Å². The molecule has 0 spiro atoms. The molecule has 0 bridgehead atoms. The Morgan fingerprint density at radius 2 is 2.07 bits per heavy atom. The summed E-state index contributed by atoms with van der Waals surface area (Å²) < 4.78 is 11.1. The van der Waals surface area contributed by atoms with Crippen LogP contribution in [-0.2, 0) is 0 Å². The number of rotatable bonds is 2. The Bertz CT molecular complexity index is 357. The molecule has 1 aromatic carbocycles. The van der Waals surface area contributed by atoms with E-state index in [1.807, 2.05) is 24.3 Å². The Morgan fingerprint density at radius 3 is 2.73 bits per heavy atom. The average molecular weight is 229 g/mol. The summed E-state index contributed by atoms with van der Waals surface area (Å²) in [5.74, 6) is 1.61. The van der Waals surface area contributed by atoms with E-state index in [4.69, 9.17) is 20.6 Å². The minimum absolute atomic E-state index is 0. The number of nitrogens with two attached hydrogens (primary N) is 1. The summed E-state index contributed by atoms with van der Waals surface area (Å²) in [6.45, 7) is 0.455. The predicted molar refractivity (Wildman–Crippen MR) is 60.1 cm³/mol. The zero-order chi connectivity index (χ0) is 9.97. The predicted octanol–water partition coefficient (Wildman–Crippen LogP) is 1.57. The fourth-order valence-corrected chi connectivity index (χ4v) is 1.41. The molecule has 1 unspecified atom stereocenters. The zero-order valence-electron chi connectivity index (χ0n) is 8.10. The fourth-order valence-electron chi connectivity index (χ4n) is 1.41. The number of benzene rings is 1. The monoisotopic (exact) mass is 228 g/mol. The normalized spacial score (nSPS) is 17.7. The standard InChI is InChI=1S/C10H12N2O2.ClH/c11-10(12)5-7-6-13-8-3-1-2-4-9(8)14-7;/h1-4,7H,5-6H2,(H3,11,12);1H. The van der Waals surface area contributed by atoms with Gasteiger partial charge in [0, 0.05) is 6.42 Å². The molecule has 1 aromatic rings. The van der Waals surface area contributed by atoms with Crippen LogP contribution in [0.4, 0.5) is 0 Å². The summed E-state index contributed by atoms with van der Waals surface area (Å²) in [5.41, 5.74) is 5.29. The SMILES string of the molecule is Cl.N=C(N)CC1COc2ccccc2O1. The molecule has 1 heterocycles. The highest BCUT2D eigenvalue weighted by molar-refractivity contribution is 5.85. The maximum Gasteiger partial charge on any atom is 0.161 e. The Hall–Kier alpha value is -1.42. The molecule has 1 aliphatic heterocycles. The van der Waals surface area contributed by atoms with Gasteiger partial charge in [-0.2, -0.15) is 0 Å². The van der Waals surface area contributed by atoms with Crippen molar-refractivity contribution in [2.75, 3.05) is 6.61 Å². The van der Waals surface area contributed by atoms with Crippen LogP contribution in [-0.4, -0.2) is 18.5 Å². The quantitative estimate of drug-likeness (QED) is 0.597. The van der Waals surface area contributed by atoms with Gasteiger partial charge in [-0.1, -0.05) is 12.1 Å². The summed E-state index contributed by atoms with van der Waals surface area (Å²) in [7, 11) is 0. The molecular weight excluding hydrogens is 216 g/mol. The van der Waals surface area contributed by atoms with E-state index in [1.54, 1.807) is 0 Å². The molecule has 2 rings (SSSR count). The van der Waals surface area contributed by atoms with Crippen molar-refractivity contribution in [3.05, 3.63) is 24.3 Å². The smallest absolute Gasteiger partial charge is 0.161 e. The van der Waals surface area contributed by atoms with Crippen molar-refractivity contribution in [1.82, 2.24) is 0 Å². The highest BCUT2D eigenvalue weighted by Crippen LogP contribution is 2.31. The van der Waals surface area contributed by atoms with Gasteiger partial charge in [-0.05, 0) is 12.1 Å². The van der Waals surface area contributed by atoms with Crippen LogP contribution in [0, 0.1) is 5.41 Å². The molecule has 5 heteroatoms. The van der Waals surface area contributed by atoms with Crippen LogP contribution in [0.15, 0.2) is 24.3 Å². The lowest BCUT2D eigenvalue weighted by molar-refractivity contribution is 0.0958. The second-order valence-electron chi connectivity index (χ2n) is 3.23. The number of halogens is 1. The zero-order valence-corrected chi connectivity index (χ0v) is 8.92. The van der Waals surface area contributed by atoms with Crippen molar-refractivity contribution in [2.45, 2.75) is 12.5 Å². The van der Waals surface area contributed by atoms with Crippen LogP contribution >= 0.6 is 12.4 Å². The summed E-state index contributed by atoms with van der Waals surface area (Å²) in [4.78, 5) is 0. The van der Waals surface area contributed by atoms with E-state index in [0.29, 0.717) is 13.0 Å². The van der Waals surface area contributed by atoms with E-state index in [1.165, 1.54) is 0 Å². The first-order valence-electron chi connectivity index (χ1n) is 4.47. The highest BCUT2D eigenvalue weighted by Gasteiger charge is 2.20. The fraction of sp³-hybridized carbons (Fsp3) is 0.300. The van der Waals surface area contributed by atoms with Gasteiger partial charge in [0.15, 0.2) is 11.5 Å². The van der Waals surface area contributed by atoms with E-state index in [-0.39, 0.29) is 24.3 Å². The largest absolute Gasteiger partial charge is 0.486 e. The summed E-state index contributed by atoms with van der Waals surface area (Å²) in [5, 5.41) is 7.16. The second-order valence-corrected chi connectivity index (χ2v) is 3.23. The molecular formula is C10H13ClN2O2. The molecule has 1 atom stereocenters. The molecule has 0 saturated heterocycles. The van der Waals surface area contributed by atoms with Crippen molar-refractivity contribution in [3.8, 4) is 11.5 Å². The van der Waals surface area contributed by atoms with E-state index < -0.39 is 0 Å². The molecule has 82 valence electrons. The van der Waals surface area contributed by atoms with E-state index in [2.05, 4.69) is 0 Å². The van der Waals surface area contributed by atoms with Gasteiger partial charge in [0.2, 0.25) is 0 Å². The lowest BCUT2D eigenvalue weighted by atomic mass is 10.2. The number of ether oxygens (including phenoxy) is 2. The van der Waals surface area contributed by atoms with Crippen molar-refractivity contribution >= 4 is 18.2 Å².